The molecule has 0 unspecified atom stereocenters. The molecule has 0 heterocycles. The monoisotopic (exact) mass is 362 g/mol. The molecule has 0 saturated heterocycles. The average molecular weight is 364 g/mol. The maximum absolute atomic E-state index is 3.60. The fourth-order valence-corrected chi connectivity index (χ4v) is 3.01. The van der Waals surface area contributed by atoms with Crippen LogP contribution in [0.2, 0.25) is 0 Å². The lowest BCUT2D eigenvalue weighted by Gasteiger charge is -2.21. The van der Waals surface area contributed by atoms with Crippen LogP contribution in [0.3, 0.4) is 0 Å². The molecule has 96 valence electrons. The van der Waals surface area contributed by atoms with Gasteiger partial charge < -0.3 is 9.80 Å². The fraction of sp³-hybridized carbons (Fsp3) is 0.538. The Kier molecular flexibility index (Phi) is 6.52. The Morgan fingerprint density at radius 3 is 2.35 bits per heavy atom. The van der Waals surface area contributed by atoms with Gasteiger partial charge in [-0.3, -0.25) is 0 Å². The minimum atomic E-state index is 0.887. The maximum Gasteiger partial charge on any atom is 0.0375 e. The molecule has 0 aliphatic rings. The molecule has 0 N–H and O–H groups in total. The second-order valence-corrected chi connectivity index (χ2v) is 5.90. The van der Waals surface area contributed by atoms with Gasteiger partial charge in [0.25, 0.3) is 0 Å². The predicted octanol–water partition coefficient (Wildman–Crippen LogP) is 3.73. The number of anilines is 1. The molecular formula is C13H20Br2N2. The summed E-state index contributed by atoms with van der Waals surface area (Å²) >= 11 is 7.08. The molecule has 1 aromatic rings. The third-order valence-corrected chi connectivity index (χ3v) is 4.06. The van der Waals surface area contributed by atoms with E-state index in [1.54, 1.807) is 0 Å². The quantitative estimate of drug-likeness (QED) is 0.710. The van der Waals surface area contributed by atoms with E-state index in [9.17, 15) is 0 Å². The van der Waals surface area contributed by atoms with Crippen molar-refractivity contribution in [1.82, 2.24) is 4.90 Å². The molecule has 0 amide bonds. The van der Waals surface area contributed by atoms with Gasteiger partial charge in [-0.05, 0) is 44.8 Å². The normalized spacial score (nSPS) is 10.9. The molecule has 0 aliphatic heterocycles. The molecule has 0 bridgehead atoms. The first kappa shape index (κ1) is 15.0. The van der Waals surface area contributed by atoms with E-state index in [0.717, 1.165) is 18.4 Å². The van der Waals surface area contributed by atoms with Gasteiger partial charge in [-0.15, -0.1) is 0 Å². The van der Waals surface area contributed by atoms with E-state index in [-0.39, 0.29) is 0 Å². The molecule has 0 spiro atoms. The Morgan fingerprint density at radius 1 is 1.12 bits per heavy atom. The van der Waals surface area contributed by atoms with Crippen molar-refractivity contribution >= 4 is 37.5 Å². The molecule has 4 heteroatoms. The number of alkyl halides is 1. The topological polar surface area (TPSA) is 6.48 Å². The number of nitrogens with zero attached hydrogens (tertiary/aromatic N) is 2. The van der Waals surface area contributed by atoms with Crippen LogP contribution < -0.4 is 4.90 Å². The highest BCUT2D eigenvalue weighted by molar-refractivity contribution is 9.10. The smallest absolute Gasteiger partial charge is 0.0375 e. The number of halogens is 2. The van der Waals surface area contributed by atoms with Gasteiger partial charge >= 0.3 is 0 Å². The van der Waals surface area contributed by atoms with Gasteiger partial charge in [0, 0.05) is 29.1 Å². The van der Waals surface area contributed by atoms with Crippen LogP contribution in [0.4, 0.5) is 5.69 Å². The second-order valence-electron chi connectivity index (χ2n) is 4.49. The number of benzene rings is 1. The zero-order valence-corrected chi connectivity index (χ0v) is 13.9. The van der Waals surface area contributed by atoms with E-state index < -0.39 is 0 Å². The Morgan fingerprint density at radius 2 is 1.82 bits per heavy atom. The van der Waals surface area contributed by atoms with Gasteiger partial charge in [0.1, 0.15) is 0 Å². The minimum Gasteiger partial charge on any atom is -0.375 e. The zero-order chi connectivity index (χ0) is 12.8. The van der Waals surface area contributed by atoms with E-state index in [1.807, 2.05) is 0 Å². The van der Waals surface area contributed by atoms with E-state index in [0.29, 0.717) is 0 Å². The minimum absolute atomic E-state index is 0.887. The average Bonchev–Trinajstić information content (AvgIpc) is 2.28. The summed E-state index contributed by atoms with van der Waals surface area (Å²) in [5.74, 6) is 0. The molecule has 1 rings (SSSR count). The van der Waals surface area contributed by atoms with Gasteiger partial charge in [0.05, 0.1) is 0 Å². The van der Waals surface area contributed by atoms with Crippen molar-refractivity contribution in [2.24, 2.45) is 0 Å². The van der Waals surface area contributed by atoms with Crippen LogP contribution in [0.15, 0.2) is 22.7 Å². The van der Waals surface area contributed by atoms with Crippen LogP contribution in [0, 0.1) is 0 Å². The molecule has 0 aliphatic carbocycles. The van der Waals surface area contributed by atoms with Crippen molar-refractivity contribution in [3.05, 3.63) is 28.2 Å². The van der Waals surface area contributed by atoms with Crippen LogP contribution in [0.25, 0.3) is 0 Å². The first-order chi connectivity index (χ1) is 8.04. The Labute approximate surface area is 121 Å². The molecule has 0 saturated carbocycles. The molecule has 17 heavy (non-hydrogen) atoms. The summed E-state index contributed by atoms with van der Waals surface area (Å²) in [6.07, 6.45) is 1.18. The number of rotatable bonds is 6. The van der Waals surface area contributed by atoms with Gasteiger partial charge in [-0.25, -0.2) is 0 Å². The van der Waals surface area contributed by atoms with E-state index >= 15 is 0 Å². The molecule has 0 radical (unpaired) electrons. The number of hydrogen-bond acceptors (Lipinski definition) is 2. The highest BCUT2D eigenvalue weighted by atomic mass is 79.9. The van der Waals surface area contributed by atoms with Crippen molar-refractivity contribution in [3.8, 4) is 0 Å². The van der Waals surface area contributed by atoms with Crippen LogP contribution in [-0.4, -0.2) is 39.1 Å². The molecular weight excluding hydrogens is 344 g/mol. The van der Waals surface area contributed by atoms with Crippen LogP contribution in [0.1, 0.15) is 12.0 Å². The van der Waals surface area contributed by atoms with Crippen LogP contribution in [0.5, 0.6) is 0 Å². The molecule has 0 atom stereocenters. The highest BCUT2D eigenvalue weighted by Crippen LogP contribution is 2.25. The number of hydrogen-bond donors (Lipinski definition) is 0. The van der Waals surface area contributed by atoms with Crippen molar-refractivity contribution in [1.29, 1.82) is 0 Å². The summed E-state index contributed by atoms with van der Waals surface area (Å²) in [6.45, 7) is 2.21. The van der Waals surface area contributed by atoms with Crippen molar-refractivity contribution in [3.63, 3.8) is 0 Å². The molecule has 1 aromatic carbocycles. The van der Waals surface area contributed by atoms with Crippen molar-refractivity contribution in [2.75, 3.05) is 39.1 Å². The third kappa shape index (κ3) is 4.98. The third-order valence-electron chi connectivity index (χ3n) is 2.72. The Bertz CT molecular complexity index is 353. The SMILES string of the molecule is CN(C)CCCN(C)c1ccc(CBr)c(Br)c1. The summed E-state index contributed by atoms with van der Waals surface area (Å²) in [4.78, 5) is 4.52. The van der Waals surface area contributed by atoms with Crippen LogP contribution >= 0.6 is 31.9 Å². The lowest BCUT2D eigenvalue weighted by Crippen LogP contribution is -2.23. The summed E-state index contributed by atoms with van der Waals surface area (Å²) in [5.41, 5.74) is 2.55. The van der Waals surface area contributed by atoms with Crippen LogP contribution in [-0.2, 0) is 5.33 Å². The van der Waals surface area contributed by atoms with Gasteiger partial charge in [0.2, 0.25) is 0 Å². The van der Waals surface area contributed by atoms with Crippen molar-refractivity contribution in [2.45, 2.75) is 11.8 Å². The summed E-state index contributed by atoms with van der Waals surface area (Å²) in [6, 6.07) is 6.53. The van der Waals surface area contributed by atoms with E-state index in [4.69, 9.17) is 0 Å². The van der Waals surface area contributed by atoms with Gasteiger partial charge in [-0.2, -0.15) is 0 Å². The first-order valence-electron chi connectivity index (χ1n) is 5.75. The summed E-state index contributed by atoms with van der Waals surface area (Å²) < 4.78 is 1.17. The first-order valence-corrected chi connectivity index (χ1v) is 7.66. The predicted molar refractivity (Wildman–Crippen MR) is 83.2 cm³/mol. The summed E-state index contributed by atoms with van der Waals surface area (Å²) in [7, 11) is 6.37. The van der Waals surface area contributed by atoms with Gasteiger partial charge in [0.15, 0.2) is 0 Å². The summed E-state index contributed by atoms with van der Waals surface area (Å²) in [5, 5.41) is 0.887. The Hall–Kier alpha value is -0.0600. The lowest BCUT2D eigenvalue weighted by molar-refractivity contribution is 0.401. The van der Waals surface area contributed by atoms with E-state index in [2.05, 4.69) is 81.0 Å². The lowest BCUT2D eigenvalue weighted by atomic mass is 10.2. The highest BCUT2D eigenvalue weighted by Gasteiger charge is 2.04. The zero-order valence-electron chi connectivity index (χ0n) is 10.7. The standard InChI is InChI=1S/C13H20Br2N2/c1-16(2)7-4-8-17(3)12-6-5-11(10-14)13(15)9-12/h5-6,9H,4,7-8,10H2,1-3H3. The fourth-order valence-electron chi connectivity index (χ4n) is 1.64. The maximum atomic E-state index is 3.60. The van der Waals surface area contributed by atoms with E-state index in [1.165, 1.54) is 22.1 Å². The molecule has 0 aromatic heterocycles. The molecule has 0 fully saturated rings. The van der Waals surface area contributed by atoms with Crippen molar-refractivity contribution < 1.29 is 0 Å². The Balaban J connectivity index is 2.57. The molecule has 2 nitrogen and oxygen atoms in total. The van der Waals surface area contributed by atoms with Gasteiger partial charge in [-0.1, -0.05) is 37.9 Å². The second kappa shape index (κ2) is 7.39. The largest absolute Gasteiger partial charge is 0.375 e.